The van der Waals surface area contributed by atoms with Gasteiger partial charge in [0, 0.05) is 6.72 Å². The van der Waals surface area contributed by atoms with Gasteiger partial charge in [-0.3, -0.25) is 9.59 Å². The van der Waals surface area contributed by atoms with Crippen LogP contribution in [0.25, 0.3) is 0 Å². The second-order valence-corrected chi connectivity index (χ2v) is 5.22. The molecule has 20 heavy (non-hydrogen) atoms. The predicted octanol–water partition coefficient (Wildman–Crippen LogP) is 1.71. The highest BCUT2D eigenvalue weighted by Gasteiger charge is 2.33. The number of amides is 1. The molecule has 6 heteroatoms. The Balaban J connectivity index is 2.43. The molecule has 0 radical (unpaired) electrons. The molecule has 2 unspecified atom stereocenters. The van der Waals surface area contributed by atoms with Crippen molar-refractivity contribution in [3.05, 3.63) is 12.2 Å². The van der Waals surface area contributed by atoms with Crippen LogP contribution in [0.5, 0.6) is 0 Å². The number of nitrogens with zero attached hydrogens (tertiary/aromatic N) is 1. The van der Waals surface area contributed by atoms with Crippen molar-refractivity contribution in [3.63, 3.8) is 0 Å². The molecule has 0 aliphatic heterocycles. The van der Waals surface area contributed by atoms with Crippen LogP contribution in [0.2, 0.25) is 0 Å². The van der Waals surface area contributed by atoms with Crippen molar-refractivity contribution in [1.82, 2.24) is 5.43 Å². The molecule has 0 heterocycles. The lowest BCUT2D eigenvalue weighted by atomic mass is 9.79. The van der Waals surface area contributed by atoms with Crippen molar-refractivity contribution in [1.29, 1.82) is 0 Å². The van der Waals surface area contributed by atoms with E-state index in [0.717, 1.165) is 6.42 Å². The number of hydrogen-bond donors (Lipinski definition) is 2. The Bertz CT molecular complexity index is 395. The third-order valence-electron chi connectivity index (χ3n) is 3.58. The molecule has 0 fully saturated rings. The van der Waals surface area contributed by atoms with Crippen molar-refractivity contribution >= 4 is 18.6 Å². The topological polar surface area (TPSA) is 88.0 Å². The molecule has 2 atom stereocenters. The Morgan fingerprint density at radius 3 is 2.95 bits per heavy atom. The van der Waals surface area contributed by atoms with Gasteiger partial charge in [-0.15, -0.1) is 0 Å². The van der Waals surface area contributed by atoms with E-state index in [1.165, 1.54) is 0 Å². The van der Waals surface area contributed by atoms with Gasteiger partial charge in [0.15, 0.2) is 0 Å². The minimum atomic E-state index is -0.761. The molecule has 6 nitrogen and oxygen atoms in total. The van der Waals surface area contributed by atoms with Gasteiger partial charge in [0.1, 0.15) is 0 Å². The zero-order chi connectivity index (χ0) is 15.0. The van der Waals surface area contributed by atoms with E-state index < -0.39 is 11.4 Å². The third-order valence-corrected chi connectivity index (χ3v) is 3.58. The Kier molecular flexibility index (Phi) is 6.38. The molecule has 0 bridgehead atoms. The summed E-state index contributed by atoms with van der Waals surface area (Å²) in [6.07, 6.45) is 6.54. The zero-order valence-electron chi connectivity index (χ0n) is 11.8. The fraction of sp³-hybridized carbons (Fsp3) is 0.643. The molecule has 1 aliphatic rings. The van der Waals surface area contributed by atoms with Gasteiger partial charge in [0.25, 0.3) is 0 Å². The molecule has 2 N–H and O–H groups in total. The summed E-state index contributed by atoms with van der Waals surface area (Å²) < 4.78 is 5.61. The summed E-state index contributed by atoms with van der Waals surface area (Å²) in [4.78, 5) is 22.5. The Hall–Kier alpha value is -1.69. The molecule has 1 rings (SSSR count). The lowest BCUT2D eigenvalue weighted by Gasteiger charge is -2.28. The summed E-state index contributed by atoms with van der Waals surface area (Å²) in [5, 5.41) is 12.6. The number of carbonyl (C=O) groups excluding carboxylic acids is 1. The minimum absolute atomic E-state index is 0.140. The number of carbonyl (C=O) groups is 2. The van der Waals surface area contributed by atoms with Gasteiger partial charge in [-0.25, -0.2) is 5.43 Å². The first-order valence-electron chi connectivity index (χ1n) is 6.74. The summed E-state index contributed by atoms with van der Waals surface area (Å²) >= 11 is 0. The third kappa shape index (κ3) is 5.13. The van der Waals surface area contributed by atoms with Gasteiger partial charge in [0.05, 0.1) is 24.5 Å². The van der Waals surface area contributed by atoms with E-state index in [2.05, 4.69) is 17.2 Å². The quantitative estimate of drug-likeness (QED) is 0.441. The van der Waals surface area contributed by atoms with Gasteiger partial charge in [-0.05, 0) is 32.6 Å². The van der Waals surface area contributed by atoms with Crippen LogP contribution in [0, 0.1) is 5.41 Å². The average molecular weight is 282 g/mol. The number of rotatable bonds is 6. The van der Waals surface area contributed by atoms with Crippen LogP contribution in [0.1, 0.15) is 39.0 Å². The largest absolute Gasteiger partial charge is 0.481 e. The molecule has 112 valence electrons. The van der Waals surface area contributed by atoms with Crippen molar-refractivity contribution in [2.75, 3.05) is 6.61 Å². The van der Waals surface area contributed by atoms with E-state index in [-0.39, 0.29) is 25.0 Å². The summed E-state index contributed by atoms with van der Waals surface area (Å²) in [6, 6.07) is 0. The van der Waals surface area contributed by atoms with Crippen molar-refractivity contribution in [2.45, 2.75) is 45.1 Å². The minimum Gasteiger partial charge on any atom is -0.481 e. The van der Waals surface area contributed by atoms with Gasteiger partial charge < -0.3 is 9.84 Å². The number of aliphatic carboxylic acids is 1. The van der Waals surface area contributed by atoms with Crippen molar-refractivity contribution in [2.24, 2.45) is 10.5 Å². The SMILES string of the molecule is C=NNC(=O)CCOC1/C=C/CCC(C)(C(=O)O)CC1. The fourth-order valence-electron chi connectivity index (χ4n) is 2.13. The molecular weight excluding hydrogens is 260 g/mol. The van der Waals surface area contributed by atoms with Crippen LogP contribution >= 0.6 is 0 Å². The van der Waals surface area contributed by atoms with Crippen molar-refractivity contribution in [3.8, 4) is 0 Å². The fourth-order valence-corrected chi connectivity index (χ4v) is 2.13. The highest BCUT2D eigenvalue weighted by molar-refractivity contribution is 5.76. The average Bonchev–Trinajstić information content (AvgIpc) is 2.37. The van der Waals surface area contributed by atoms with E-state index in [1.807, 2.05) is 12.2 Å². The van der Waals surface area contributed by atoms with Crippen LogP contribution in [-0.4, -0.2) is 36.4 Å². The van der Waals surface area contributed by atoms with Crippen LogP contribution < -0.4 is 5.43 Å². The number of carboxylic acid groups (broad SMARTS) is 1. The summed E-state index contributed by atoms with van der Waals surface area (Å²) in [5.41, 5.74) is 1.53. The van der Waals surface area contributed by atoms with E-state index in [1.54, 1.807) is 6.92 Å². The van der Waals surface area contributed by atoms with Crippen LogP contribution in [0.15, 0.2) is 17.3 Å². The molecule has 0 spiro atoms. The smallest absolute Gasteiger partial charge is 0.309 e. The predicted molar refractivity (Wildman–Crippen MR) is 75.4 cm³/mol. The van der Waals surface area contributed by atoms with E-state index in [0.29, 0.717) is 19.3 Å². The Morgan fingerprint density at radius 1 is 1.55 bits per heavy atom. The summed E-state index contributed by atoms with van der Waals surface area (Å²) in [7, 11) is 0. The highest BCUT2D eigenvalue weighted by Crippen LogP contribution is 2.32. The molecule has 0 aromatic carbocycles. The molecule has 1 amide bonds. The molecule has 0 aromatic heterocycles. The van der Waals surface area contributed by atoms with Crippen LogP contribution in [-0.2, 0) is 14.3 Å². The van der Waals surface area contributed by atoms with Gasteiger partial charge in [-0.1, -0.05) is 12.2 Å². The Labute approximate surface area is 118 Å². The first-order chi connectivity index (χ1) is 9.48. The summed E-state index contributed by atoms with van der Waals surface area (Å²) in [6.45, 7) is 5.21. The van der Waals surface area contributed by atoms with Crippen LogP contribution in [0.3, 0.4) is 0 Å². The Morgan fingerprint density at radius 2 is 2.30 bits per heavy atom. The highest BCUT2D eigenvalue weighted by atomic mass is 16.5. The number of allylic oxidation sites excluding steroid dienone is 1. The van der Waals surface area contributed by atoms with Gasteiger partial charge >= 0.3 is 5.97 Å². The number of nitrogens with one attached hydrogen (secondary N) is 1. The lowest BCUT2D eigenvalue weighted by Crippen LogP contribution is -2.30. The molecular formula is C14H22N2O4. The standard InChI is InChI=1S/C14H22N2O4/c1-14(13(18)19)8-4-3-5-11(6-9-14)20-10-7-12(17)16-15-2/h3,5,11H,2,4,6-10H2,1H3,(H,16,17)(H,18,19)/b5-3+. The number of carboxylic acids is 1. The first-order valence-corrected chi connectivity index (χ1v) is 6.74. The first kappa shape index (κ1) is 16.4. The normalized spacial score (nSPS) is 27.9. The van der Waals surface area contributed by atoms with E-state index in [9.17, 15) is 14.7 Å². The second-order valence-electron chi connectivity index (χ2n) is 5.22. The molecule has 0 saturated carbocycles. The molecule has 0 aromatic rings. The lowest BCUT2D eigenvalue weighted by molar-refractivity contribution is -0.149. The van der Waals surface area contributed by atoms with Gasteiger partial charge in [-0.2, -0.15) is 5.10 Å². The number of hydrazone groups is 1. The zero-order valence-corrected chi connectivity index (χ0v) is 11.8. The van der Waals surface area contributed by atoms with Gasteiger partial charge in [0.2, 0.25) is 5.91 Å². The maximum Gasteiger partial charge on any atom is 0.309 e. The number of hydrogen-bond acceptors (Lipinski definition) is 4. The molecule has 1 aliphatic carbocycles. The maximum absolute atomic E-state index is 11.3. The van der Waals surface area contributed by atoms with E-state index >= 15 is 0 Å². The second kappa shape index (κ2) is 7.79. The van der Waals surface area contributed by atoms with Crippen LogP contribution in [0.4, 0.5) is 0 Å². The summed E-state index contributed by atoms with van der Waals surface area (Å²) in [5.74, 6) is -1.01. The molecule has 0 saturated heterocycles. The monoisotopic (exact) mass is 282 g/mol. The maximum atomic E-state index is 11.3. The van der Waals surface area contributed by atoms with E-state index in [4.69, 9.17) is 4.74 Å². The van der Waals surface area contributed by atoms with Crippen molar-refractivity contribution < 1.29 is 19.4 Å². The number of ether oxygens (including phenoxy) is 1.